The molecule has 1 aliphatic rings. The SMILES string of the molecule is C=CCNC(=NCC(=O)N(C)C)NC1CCN(c2c(F)cccc2F)C1. The minimum Gasteiger partial charge on any atom is -0.365 e. The Morgan fingerprint density at radius 1 is 1.42 bits per heavy atom. The second kappa shape index (κ2) is 9.17. The zero-order chi connectivity index (χ0) is 19.1. The van der Waals surface area contributed by atoms with Crippen molar-refractivity contribution >= 4 is 17.6 Å². The van der Waals surface area contributed by atoms with Gasteiger partial charge in [-0.25, -0.2) is 13.8 Å². The van der Waals surface area contributed by atoms with Gasteiger partial charge in [-0.3, -0.25) is 4.79 Å². The zero-order valence-corrected chi connectivity index (χ0v) is 15.1. The number of anilines is 1. The number of halogens is 2. The lowest BCUT2D eigenvalue weighted by atomic mass is 10.2. The van der Waals surface area contributed by atoms with Gasteiger partial charge in [0.2, 0.25) is 5.91 Å². The molecular formula is C18H25F2N5O. The van der Waals surface area contributed by atoms with Crippen molar-refractivity contribution in [1.82, 2.24) is 15.5 Å². The van der Waals surface area contributed by atoms with Gasteiger partial charge in [-0.15, -0.1) is 6.58 Å². The lowest BCUT2D eigenvalue weighted by Crippen LogP contribution is -2.45. The molecule has 142 valence electrons. The van der Waals surface area contributed by atoms with Gasteiger partial charge in [0.15, 0.2) is 5.96 Å². The average molecular weight is 365 g/mol. The highest BCUT2D eigenvalue weighted by atomic mass is 19.1. The largest absolute Gasteiger partial charge is 0.365 e. The van der Waals surface area contributed by atoms with Gasteiger partial charge in [0, 0.05) is 39.8 Å². The van der Waals surface area contributed by atoms with Crippen LogP contribution >= 0.6 is 0 Å². The van der Waals surface area contributed by atoms with Gasteiger partial charge in [-0.05, 0) is 18.6 Å². The molecule has 1 saturated heterocycles. The number of guanidine groups is 1. The van der Waals surface area contributed by atoms with Crippen molar-refractivity contribution in [3.05, 3.63) is 42.5 Å². The summed E-state index contributed by atoms with van der Waals surface area (Å²) in [6.07, 6.45) is 2.38. The fourth-order valence-corrected chi connectivity index (χ4v) is 2.68. The number of amides is 1. The van der Waals surface area contributed by atoms with Crippen molar-refractivity contribution in [3.8, 4) is 0 Å². The Balaban J connectivity index is 2.02. The normalized spacial score (nSPS) is 17.2. The molecule has 1 unspecified atom stereocenters. The van der Waals surface area contributed by atoms with Crippen molar-refractivity contribution in [2.24, 2.45) is 4.99 Å². The Morgan fingerprint density at radius 3 is 2.73 bits per heavy atom. The number of carbonyl (C=O) groups excluding carboxylic acids is 1. The van der Waals surface area contributed by atoms with Gasteiger partial charge in [0.25, 0.3) is 0 Å². The molecule has 26 heavy (non-hydrogen) atoms. The molecule has 8 heteroatoms. The van der Waals surface area contributed by atoms with Gasteiger partial charge >= 0.3 is 0 Å². The smallest absolute Gasteiger partial charge is 0.243 e. The number of hydrogen-bond acceptors (Lipinski definition) is 3. The van der Waals surface area contributed by atoms with Crippen LogP contribution in [0.3, 0.4) is 0 Å². The number of para-hydroxylation sites is 1. The Labute approximate surface area is 152 Å². The molecule has 1 aromatic rings. The first-order valence-electron chi connectivity index (χ1n) is 8.47. The van der Waals surface area contributed by atoms with Crippen LogP contribution in [0, 0.1) is 11.6 Å². The first-order chi connectivity index (χ1) is 12.4. The summed E-state index contributed by atoms with van der Waals surface area (Å²) < 4.78 is 27.9. The van der Waals surface area contributed by atoms with Gasteiger partial charge < -0.3 is 20.4 Å². The lowest BCUT2D eigenvalue weighted by Gasteiger charge is -2.21. The Hall–Kier alpha value is -2.64. The van der Waals surface area contributed by atoms with Crippen molar-refractivity contribution in [2.45, 2.75) is 12.5 Å². The molecule has 1 aliphatic heterocycles. The van der Waals surface area contributed by atoms with E-state index in [0.717, 1.165) is 0 Å². The number of carbonyl (C=O) groups is 1. The summed E-state index contributed by atoms with van der Waals surface area (Å²) in [6.45, 7) is 5.11. The quantitative estimate of drug-likeness (QED) is 0.454. The number of benzene rings is 1. The number of nitrogens with one attached hydrogen (secondary N) is 2. The van der Waals surface area contributed by atoms with Gasteiger partial charge in [0.1, 0.15) is 23.9 Å². The van der Waals surface area contributed by atoms with Crippen molar-refractivity contribution < 1.29 is 13.6 Å². The number of aliphatic imine (C=N–C) groups is 1. The molecule has 0 saturated carbocycles. The van der Waals surface area contributed by atoms with Crippen molar-refractivity contribution in [1.29, 1.82) is 0 Å². The van der Waals surface area contributed by atoms with Gasteiger partial charge in [-0.2, -0.15) is 0 Å². The summed E-state index contributed by atoms with van der Waals surface area (Å²) >= 11 is 0. The predicted molar refractivity (Wildman–Crippen MR) is 99.3 cm³/mol. The molecule has 0 bridgehead atoms. The van der Waals surface area contributed by atoms with Gasteiger partial charge in [0.05, 0.1) is 0 Å². The summed E-state index contributed by atoms with van der Waals surface area (Å²) in [7, 11) is 3.33. The average Bonchev–Trinajstić information content (AvgIpc) is 3.04. The molecule has 1 atom stereocenters. The molecular weight excluding hydrogens is 340 g/mol. The molecule has 0 aromatic heterocycles. The van der Waals surface area contributed by atoms with Crippen LogP contribution in [-0.2, 0) is 4.79 Å². The predicted octanol–water partition coefficient (Wildman–Crippen LogP) is 1.35. The molecule has 6 nitrogen and oxygen atoms in total. The maximum Gasteiger partial charge on any atom is 0.243 e. The maximum absolute atomic E-state index is 14.0. The van der Waals surface area contributed by atoms with Crippen molar-refractivity contribution in [2.75, 3.05) is 45.2 Å². The Kier molecular flexibility index (Phi) is 6.94. The molecule has 1 heterocycles. The van der Waals surface area contributed by atoms with E-state index >= 15 is 0 Å². The van der Waals surface area contributed by atoms with Crippen LogP contribution in [0.2, 0.25) is 0 Å². The molecule has 2 rings (SSSR count). The van der Waals surface area contributed by atoms with E-state index in [2.05, 4.69) is 22.2 Å². The highest BCUT2D eigenvalue weighted by Crippen LogP contribution is 2.26. The van der Waals surface area contributed by atoms with E-state index in [1.165, 1.54) is 23.1 Å². The van der Waals surface area contributed by atoms with E-state index < -0.39 is 11.6 Å². The number of likely N-dealkylation sites (N-methyl/N-ethyl adjacent to an activating group) is 1. The molecule has 0 spiro atoms. The van der Waals surface area contributed by atoms with Crippen LogP contribution in [0.4, 0.5) is 14.5 Å². The maximum atomic E-state index is 14.0. The highest BCUT2D eigenvalue weighted by Gasteiger charge is 2.27. The third-order valence-corrected chi connectivity index (χ3v) is 4.07. The second-order valence-electron chi connectivity index (χ2n) is 6.27. The Morgan fingerprint density at radius 2 is 2.12 bits per heavy atom. The lowest BCUT2D eigenvalue weighted by molar-refractivity contribution is -0.127. The Bertz CT molecular complexity index is 657. The molecule has 1 amide bonds. The van der Waals surface area contributed by atoms with Crippen LogP contribution in [0.15, 0.2) is 35.8 Å². The first kappa shape index (κ1) is 19.7. The number of rotatable bonds is 6. The molecule has 0 radical (unpaired) electrons. The number of hydrogen-bond donors (Lipinski definition) is 2. The van der Waals surface area contributed by atoms with Crippen LogP contribution < -0.4 is 15.5 Å². The van der Waals surface area contributed by atoms with E-state index in [4.69, 9.17) is 0 Å². The van der Waals surface area contributed by atoms with Crippen LogP contribution in [0.5, 0.6) is 0 Å². The molecule has 1 fully saturated rings. The monoisotopic (exact) mass is 365 g/mol. The van der Waals surface area contributed by atoms with E-state index in [1.54, 1.807) is 25.1 Å². The summed E-state index contributed by atoms with van der Waals surface area (Å²) in [6, 6.07) is 3.82. The topological polar surface area (TPSA) is 60.0 Å². The van der Waals surface area contributed by atoms with E-state index in [-0.39, 0.29) is 24.2 Å². The summed E-state index contributed by atoms with van der Waals surface area (Å²) in [5.41, 5.74) is -0.00266. The molecule has 0 aliphatic carbocycles. The molecule has 2 N–H and O–H groups in total. The van der Waals surface area contributed by atoms with Crippen molar-refractivity contribution in [3.63, 3.8) is 0 Å². The summed E-state index contributed by atoms with van der Waals surface area (Å²) in [5.74, 6) is -0.783. The zero-order valence-electron chi connectivity index (χ0n) is 15.1. The van der Waals surface area contributed by atoms with E-state index in [9.17, 15) is 13.6 Å². The summed E-state index contributed by atoms with van der Waals surface area (Å²) in [5, 5.41) is 6.27. The first-order valence-corrected chi connectivity index (χ1v) is 8.47. The highest BCUT2D eigenvalue weighted by molar-refractivity contribution is 5.85. The minimum atomic E-state index is -0.569. The number of nitrogens with zero attached hydrogens (tertiary/aromatic N) is 3. The molecule has 1 aromatic carbocycles. The van der Waals surface area contributed by atoms with E-state index in [0.29, 0.717) is 32.0 Å². The van der Waals surface area contributed by atoms with Crippen LogP contribution in [0.25, 0.3) is 0 Å². The second-order valence-corrected chi connectivity index (χ2v) is 6.27. The summed E-state index contributed by atoms with van der Waals surface area (Å²) in [4.78, 5) is 19.1. The van der Waals surface area contributed by atoms with E-state index in [1.807, 2.05) is 0 Å². The minimum absolute atomic E-state index is 0.00266. The standard InChI is InChI=1S/C18H25F2N5O/c1-4-9-21-18(22-11-16(26)24(2)3)23-13-8-10-25(12-13)17-14(19)6-5-7-15(17)20/h4-7,13H,1,8-12H2,2-3H3,(H2,21,22,23). The fourth-order valence-electron chi connectivity index (χ4n) is 2.68. The van der Waals surface area contributed by atoms with Crippen LogP contribution in [0.1, 0.15) is 6.42 Å². The third-order valence-electron chi connectivity index (χ3n) is 4.07. The fraction of sp³-hybridized carbons (Fsp3) is 0.444. The third kappa shape index (κ3) is 5.18. The van der Waals surface area contributed by atoms with Crippen LogP contribution in [-0.4, -0.2) is 63.1 Å². The van der Waals surface area contributed by atoms with Gasteiger partial charge in [-0.1, -0.05) is 12.1 Å².